The highest BCUT2D eigenvalue weighted by Crippen LogP contribution is 2.55. The standard InChI is InChI=1S/C24H16.C22H16.C20H14.C17H12.C13H10/c1-2-10-18-16(6-1)14-17-9-5-12-20-19-11-3-7-15-8-4-13-21(22(15)19)24(18)23(17)20;1-2-6-17-15(4-1)12-16-11-10-14-9-8-13-5-3-7-18-19(13)20(14)21(16)22(17)18;1-3-7-17-13(5-1)9-15-11-20-16(12-19(15)17)10-14-6-2-4-8-18(14)20;1-2-6-13-11-17-15(9-12(13)5-1)10-14-7-3-4-8-16(14)17;1-3-7-12-10(5-1)9-11-6-2-4-8-13(11)12/h1-6,8-14,18H,7H2;1-3,5,7-11,22H,4,6,12H2;1-8,11-12H,9-10H2;1-9,11H,10H2;1-8H,9H2. The number of fused-ring (bicyclic) bond motifs is 19. The summed E-state index contributed by atoms with van der Waals surface area (Å²) in [6.45, 7) is 0. The van der Waals surface area contributed by atoms with Gasteiger partial charge in [-0.2, -0.15) is 0 Å². The van der Waals surface area contributed by atoms with Crippen LogP contribution in [0.15, 0.2) is 308 Å². The number of rotatable bonds is 0. The molecule has 10 aliphatic rings. The van der Waals surface area contributed by atoms with E-state index in [0.29, 0.717) is 11.8 Å². The summed E-state index contributed by atoms with van der Waals surface area (Å²) in [7, 11) is 0. The summed E-state index contributed by atoms with van der Waals surface area (Å²) in [5.41, 5.74) is 38.4. The zero-order valence-corrected chi connectivity index (χ0v) is 53.7. The van der Waals surface area contributed by atoms with Crippen molar-refractivity contribution in [3.63, 3.8) is 0 Å². The highest BCUT2D eigenvalue weighted by molar-refractivity contribution is 6.17. The number of benzene rings is 14. The van der Waals surface area contributed by atoms with Gasteiger partial charge in [0.2, 0.25) is 0 Å². The SMILES string of the molecule is C1=CC2=Cc3cccc4c5c6c(cccc6c(c34)C2C=C1)CC=C5.C1=CCC2=C(C1)Cc1ccc3ccc4cccc5c4c3c1C25.c1ccc2c(c1)Cc1cc3c(cc1-2)Cc1ccccc1-3.c1ccc2c(c1)Cc1cc3ccccc3cc1-2.c1ccc2c(c1)Cc1ccccc1-2. The Hall–Kier alpha value is -11.2. The molecule has 452 valence electrons. The van der Waals surface area contributed by atoms with Crippen LogP contribution in [0.3, 0.4) is 0 Å². The van der Waals surface area contributed by atoms with Gasteiger partial charge >= 0.3 is 0 Å². The van der Waals surface area contributed by atoms with Gasteiger partial charge in [-0.3, -0.25) is 0 Å². The monoisotopic (exact) mass is 1220 g/mol. The first kappa shape index (κ1) is 55.3. The fourth-order valence-corrected chi connectivity index (χ4v) is 18.4. The van der Waals surface area contributed by atoms with Gasteiger partial charge in [0.1, 0.15) is 0 Å². The quantitative estimate of drug-likeness (QED) is 0.0806. The Kier molecular flexibility index (Phi) is 12.8. The lowest BCUT2D eigenvalue weighted by atomic mass is 9.73. The molecule has 0 amide bonds. The Morgan fingerprint density at radius 3 is 1.49 bits per heavy atom. The zero-order valence-electron chi connectivity index (χ0n) is 53.7. The molecule has 2 unspecified atom stereocenters. The van der Waals surface area contributed by atoms with Gasteiger partial charge in [0.05, 0.1) is 0 Å². The topological polar surface area (TPSA) is 0 Å². The number of allylic oxidation sites excluding steroid dienone is 10. The van der Waals surface area contributed by atoms with Crippen molar-refractivity contribution >= 4 is 66.0 Å². The minimum absolute atomic E-state index is 0.377. The lowest BCUT2D eigenvalue weighted by molar-refractivity contribution is 0.810. The summed E-state index contributed by atoms with van der Waals surface area (Å²) in [5, 5.41) is 14.3. The van der Waals surface area contributed by atoms with Crippen LogP contribution in [0, 0.1) is 0 Å². The molecule has 0 saturated carbocycles. The third-order valence-electron chi connectivity index (χ3n) is 22.6. The molecule has 14 aromatic rings. The van der Waals surface area contributed by atoms with Gasteiger partial charge in [0.25, 0.3) is 0 Å². The lowest BCUT2D eigenvalue weighted by Crippen LogP contribution is -2.15. The first-order valence-electron chi connectivity index (χ1n) is 34.7. The molecule has 0 radical (unpaired) electrons. The average molecular weight is 1220 g/mol. The Balaban J connectivity index is 0.0000000831. The van der Waals surface area contributed by atoms with Crippen LogP contribution < -0.4 is 0 Å². The second kappa shape index (κ2) is 22.2. The molecule has 2 atom stereocenters. The molecule has 0 bridgehead atoms. The van der Waals surface area contributed by atoms with Crippen molar-refractivity contribution in [3.05, 3.63) is 391 Å². The second-order valence-electron chi connectivity index (χ2n) is 27.8. The zero-order chi connectivity index (χ0) is 63.0. The van der Waals surface area contributed by atoms with Crippen molar-refractivity contribution in [2.24, 2.45) is 0 Å². The van der Waals surface area contributed by atoms with Crippen LogP contribution in [-0.4, -0.2) is 0 Å². The van der Waals surface area contributed by atoms with Crippen molar-refractivity contribution in [2.75, 3.05) is 0 Å². The molecular formula is C96H68. The van der Waals surface area contributed by atoms with Gasteiger partial charge in [-0.15, -0.1) is 0 Å². The Morgan fingerprint density at radius 2 is 0.812 bits per heavy atom. The molecule has 0 nitrogen and oxygen atoms in total. The van der Waals surface area contributed by atoms with E-state index in [9.17, 15) is 0 Å². The van der Waals surface area contributed by atoms with Gasteiger partial charge in [-0.05, 0) is 257 Å². The molecule has 0 spiro atoms. The maximum atomic E-state index is 2.43. The normalized spacial score (nSPS) is 16.5. The molecule has 96 heavy (non-hydrogen) atoms. The molecule has 0 heteroatoms. The van der Waals surface area contributed by atoms with Gasteiger partial charge in [0.15, 0.2) is 0 Å². The molecule has 10 aliphatic carbocycles. The molecule has 0 aliphatic heterocycles. The second-order valence-corrected chi connectivity index (χ2v) is 27.8. The molecular weight excluding hydrogens is 1150 g/mol. The molecule has 0 saturated heterocycles. The Morgan fingerprint density at radius 1 is 0.292 bits per heavy atom. The van der Waals surface area contributed by atoms with E-state index in [2.05, 4.69) is 303 Å². The van der Waals surface area contributed by atoms with E-state index < -0.39 is 0 Å². The first-order chi connectivity index (χ1) is 47.6. The summed E-state index contributed by atoms with van der Waals surface area (Å²) >= 11 is 0. The molecule has 0 heterocycles. The summed E-state index contributed by atoms with van der Waals surface area (Å²) in [6.07, 6.45) is 29.5. The van der Waals surface area contributed by atoms with Crippen LogP contribution in [0.25, 0.3) is 111 Å². The maximum Gasteiger partial charge on any atom is 0.0320 e. The highest BCUT2D eigenvalue weighted by atomic mass is 14.4. The van der Waals surface area contributed by atoms with Crippen molar-refractivity contribution in [3.8, 4) is 44.5 Å². The summed E-state index contributed by atoms with van der Waals surface area (Å²) in [4.78, 5) is 0. The minimum Gasteiger partial charge on any atom is -0.0841 e. The van der Waals surface area contributed by atoms with Crippen LogP contribution >= 0.6 is 0 Å². The highest BCUT2D eigenvalue weighted by Gasteiger charge is 2.37. The summed E-state index contributed by atoms with van der Waals surface area (Å²) in [6, 6.07) is 91.6. The molecule has 0 aromatic heterocycles. The smallest absolute Gasteiger partial charge is 0.0320 e. The Bertz CT molecular complexity index is 5780. The van der Waals surface area contributed by atoms with E-state index in [1.54, 1.807) is 27.8 Å². The summed E-state index contributed by atoms with van der Waals surface area (Å²) in [5.74, 6) is 0.899. The Labute approximate surface area is 561 Å². The van der Waals surface area contributed by atoms with Crippen LogP contribution in [0.2, 0.25) is 0 Å². The third-order valence-corrected chi connectivity index (χ3v) is 22.6. The molecule has 14 aromatic carbocycles. The van der Waals surface area contributed by atoms with Gasteiger partial charge in [0, 0.05) is 11.8 Å². The van der Waals surface area contributed by atoms with Gasteiger partial charge < -0.3 is 0 Å². The van der Waals surface area contributed by atoms with Crippen molar-refractivity contribution in [1.29, 1.82) is 0 Å². The van der Waals surface area contributed by atoms with Crippen LogP contribution in [-0.2, 0) is 38.5 Å². The molecule has 24 rings (SSSR count). The van der Waals surface area contributed by atoms with Gasteiger partial charge in [-0.25, -0.2) is 0 Å². The molecule has 0 fully saturated rings. The van der Waals surface area contributed by atoms with Crippen molar-refractivity contribution in [2.45, 2.75) is 63.2 Å². The van der Waals surface area contributed by atoms with Crippen LogP contribution in [0.4, 0.5) is 0 Å². The van der Waals surface area contributed by atoms with E-state index in [1.165, 1.54) is 171 Å². The predicted octanol–water partition coefficient (Wildman–Crippen LogP) is 24.3. The van der Waals surface area contributed by atoms with E-state index >= 15 is 0 Å². The predicted molar refractivity (Wildman–Crippen MR) is 405 cm³/mol. The van der Waals surface area contributed by atoms with Crippen LogP contribution in [0.1, 0.15) is 108 Å². The number of hydrogen-bond donors (Lipinski definition) is 0. The van der Waals surface area contributed by atoms with Crippen LogP contribution in [0.5, 0.6) is 0 Å². The van der Waals surface area contributed by atoms with E-state index in [4.69, 9.17) is 0 Å². The lowest BCUT2D eigenvalue weighted by Gasteiger charge is -2.30. The fourth-order valence-electron chi connectivity index (χ4n) is 18.4. The van der Waals surface area contributed by atoms with Gasteiger partial charge in [-0.1, -0.05) is 296 Å². The van der Waals surface area contributed by atoms with E-state index in [0.717, 1.165) is 51.4 Å². The average Bonchev–Trinajstić information content (AvgIpc) is 1.24. The summed E-state index contributed by atoms with van der Waals surface area (Å²) < 4.78 is 0. The maximum absolute atomic E-state index is 2.43. The van der Waals surface area contributed by atoms with E-state index in [-0.39, 0.29) is 0 Å². The van der Waals surface area contributed by atoms with Crippen molar-refractivity contribution < 1.29 is 0 Å². The number of hydrogen-bond acceptors (Lipinski definition) is 0. The fraction of sp³-hybridized carbons (Fsp3) is 0.104. The third kappa shape index (κ3) is 8.81. The van der Waals surface area contributed by atoms with Crippen molar-refractivity contribution in [1.82, 2.24) is 0 Å². The minimum atomic E-state index is 0.377. The first-order valence-corrected chi connectivity index (χ1v) is 34.7. The molecule has 0 N–H and O–H groups in total. The van der Waals surface area contributed by atoms with E-state index in [1.807, 2.05) is 0 Å². The largest absolute Gasteiger partial charge is 0.0841 e.